The summed E-state index contributed by atoms with van der Waals surface area (Å²) < 4.78 is 103. The van der Waals surface area contributed by atoms with E-state index in [1.807, 2.05) is 0 Å². The molecule has 0 bridgehead atoms. The minimum absolute atomic E-state index is 0.0194. The van der Waals surface area contributed by atoms with Crippen molar-refractivity contribution in [1.29, 1.82) is 0 Å². The first-order valence-electron chi connectivity index (χ1n) is 22.7. The summed E-state index contributed by atoms with van der Waals surface area (Å²) in [6.45, 7) is 5.86. The zero-order valence-corrected chi connectivity index (χ0v) is 45.5. The molecule has 400 valence electrons. The van der Waals surface area contributed by atoms with Gasteiger partial charge in [0.15, 0.2) is 9.84 Å². The molecule has 20 nitrogen and oxygen atoms in total. The van der Waals surface area contributed by atoms with Crippen LogP contribution in [-0.4, -0.2) is 107 Å². The first-order valence-corrected chi connectivity index (χ1v) is 27.6. The predicted molar refractivity (Wildman–Crippen MR) is 279 cm³/mol. The molecule has 0 aromatic heterocycles. The second-order valence-corrected chi connectivity index (χ2v) is 22.5. The first kappa shape index (κ1) is 59.5. The van der Waals surface area contributed by atoms with Crippen molar-refractivity contribution >= 4 is 60.4 Å². The lowest BCUT2D eigenvalue weighted by Crippen LogP contribution is -2.41. The van der Waals surface area contributed by atoms with Crippen LogP contribution in [0.5, 0.6) is 46.0 Å². The maximum Gasteiger partial charge on any atom is 0.341 e. The number of sulfone groups is 1. The molecule has 23 heteroatoms. The lowest BCUT2D eigenvalue weighted by atomic mass is 10.0. The summed E-state index contributed by atoms with van der Waals surface area (Å²) in [6, 6.07) is 14.5. The molecule has 6 N–H and O–H groups in total. The van der Waals surface area contributed by atoms with E-state index in [-0.39, 0.29) is 82.7 Å². The smallest absolute Gasteiger partial charge is 0.341 e. The van der Waals surface area contributed by atoms with Crippen LogP contribution in [0.4, 0.5) is 11.4 Å². The van der Waals surface area contributed by atoms with E-state index in [1.165, 1.54) is 145 Å². The molecule has 4 rings (SSSR count). The van der Waals surface area contributed by atoms with Gasteiger partial charge in [-0.1, -0.05) is 52.0 Å². The van der Waals surface area contributed by atoms with Gasteiger partial charge < -0.3 is 68.1 Å². The van der Waals surface area contributed by atoms with E-state index in [0.717, 1.165) is 0 Å². The maximum atomic E-state index is 16.1. The van der Waals surface area contributed by atoms with Gasteiger partial charge in [-0.3, -0.25) is 18.7 Å². The number of benzene rings is 4. The zero-order valence-electron chi connectivity index (χ0n) is 42.9. The van der Waals surface area contributed by atoms with Crippen LogP contribution in [0.2, 0.25) is 0 Å². The number of hydrogen-bond donors (Lipinski definition) is 6. The average molecular weight is 1080 g/mol. The molecule has 2 atom stereocenters. The van der Waals surface area contributed by atoms with Crippen LogP contribution in [0.15, 0.2) is 72.8 Å². The molecule has 4 aromatic rings. The Labute approximate surface area is 426 Å². The molecular weight excluding hydrogens is 1010 g/mol. The summed E-state index contributed by atoms with van der Waals surface area (Å²) in [5.74, 6) is -0.357. The van der Waals surface area contributed by atoms with E-state index in [4.69, 9.17) is 37.9 Å². The Hall–Kier alpha value is -6.05. The van der Waals surface area contributed by atoms with E-state index in [0.29, 0.717) is 22.6 Å². The van der Waals surface area contributed by atoms with Crippen molar-refractivity contribution in [3.63, 3.8) is 0 Å². The SMILES string of the molecule is CCC(CC)(C(=O)Nc1cc(C(/C=C/c2c(OC)cc(OC)cc2OC)S(=O)(=O)C(/C=C/c2c(OC)cc(OC)cc2OC)c2ccc(OC)c(NC(=O)C(CC)(CC)P(=O)(O)O)c2)ccc1OC)P(=O)(O)O. The average Bonchev–Trinajstić information content (AvgIpc) is 3.36. The molecule has 0 aliphatic carbocycles. The summed E-state index contributed by atoms with van der Waals surface area (Å²) >= 11 is 0. The van der Waals surface area contributed by atoms with Gasteiger partial charge in [0.05, 0.1) is 79.4 Å². The molecular formula is C50H66N2O18P2S. The summed E-state index contributed by atoms with van der Waals surface area (Å²) in [5.41, 5.74) is 0.386. The van der Waals surface area contributed by atoms with Crippen molar-refractivity contribution < 1.29 is 84.6 Å². The topological polar surface area (TPSA) is 281 Å². The highest BCUT2D eigenvalue weighted by Gasteiger charge is 2.52. The van der Waals surface area contributed by atoms with Crippen LogP contribution >= 0.6 is 15.2 Å². The number of methoxy groups -OCH3 is 8. The van der Waals surface area contributed by atoms with Gasteiger partial charge in [0.2, 0.25) is 11.8 Å². The van der Waals surface area contributed by atoms with Gasteiger partial charge in [0.1, 0.15) is 66.8 Å². The normalized spacial score (nSPS) is 13.3. The van der Waals surface area contributed by atoms with Crippen molar-refractivity contribution in [3.05, 3.63) is 95.1 Å². The van der Waals surface area contributed by atoms with Gasteiger partial charge in [-0.2, -0.15) is 0 Å². The molecule has 0 radical (unpaired) electrons. The summed E-state index contributed by atoms with van der Waals surface area (Å²) in [6.07, 6.45) is 4.65. The number of hydrogen-bond acceptors (Lipinski definition) is 14. The highest BCUT2D eigenvalue weighted by atomic mass is 32.2. The van der Waals surface area contributed by atoms with Gasteiger partial charge >= 0.3 is 15.2 Å². The van der Waals surface area contributed by atoms with Crippen LogP contribution in [0, 0.1) is 0 Å². The monoisotopic (exact) mass is 1080 g/mol. The third-order valence-electron chi connectivity index (χ3n) is 13.0. The summed E-state index contributed by atoms with van der Waals surface area (Å²) in [5, 5.41) is -2.50. The van der Waals surface area contributed by atoms with E-state index < -0.39 is 57.7 Å². The highest BCUT2D eigenvalue weighted by Crippen LogP contribution is 2.56. The Bertz CT molecular complexity index is 2650. The number of carbonyl (C=O) groups excluding carboxylic acids is 2. The fourth-order valence-corrected chi connectivity index (χ4v) is 12.7. The number of ether oxygens (including phenoxy) is 8. The Balaban J connectivity index is 2.18. The molecule has 0 aliphatic rings. The van der Waals surface area contributed by atoms with Crippen LogP contribution in [0.1, 0.15) is 86.1 Å². The molecule has 0 fully saturated rings. The third kappa shape index (κ3) is 12.3. The second-order valence-electron chi connectivity index (χ2n) is 16.4. The first-order chi connectivity index (χ1) is 34.4. The molecule has 0 spiro atoms. The lowest BCUT2D eigenvalue weighted by molar-refractivity contribution is -0.120. The lowest BCUT2D eigenvalue weighted by Gasteiger charge is -2.31. The van der Waals surface area contributed by atoms with E-state index in [2.05, 4.69) is 10.6 Å². The third-order valence-corrected chi connectivity index (χ3v) is 19.2. The van der Waals surface area contributed by atoms with Crippen molar-refractivity contribution in [3.8, 4) is 46.0 Å². The molecule has 0 saturated heterocycles. The van der Waals surface area contributed by atoms with Gasteiger partial charge in [0.25, 0.3) is 0 Å². The number of amides is 2. The van der Waals surface area contributed by atoms with Crippen molar-refractivity contribution in [2.45, 2.75) is 74.2 Å². The molecule has 0 aliphatic heterocycles. The Morgan fingerprint density at radius 1 is 0.507 bits per heavy atom. The fourth-order valence-electron chi connectivity index (χ4n) is 8.45. The maximum absolute atomic E-state index is 16.1. The number of anilines is 2. The van der Waals surface area contributed by atoms with Crippen LogP contribution < -0.4 is 48.5 Å². The largest absolute Gasteiger partial charge is 0.496 e. The molecule has 2 unspecified atom stereocenters. The Morgan fingerprint density at radius 2 is 0.795 bits per heavy atom. The van der Waals surface area contributed by atoms with E-state index in [1.54, 1.807) is 24.3 Å². The molecule has 0 saturated carbocycles. The zero-order chi connectivity index (χ0) is 54.7. The van der Waals surface area contributed by atoms with Crippen LogP contribution in [0.25, 0.3) is 12.2 Å². The molecule has 0 heterocycles. The number of carbonyl (C=O) groups is 2. The minimum Gasteiger partial charge on any atom is -0.496 e. The fraction of sp³-hybridized carbons (Fsp3) is 0.400. The standard InChI is InChI=1S/C50H66N2O18P2S/c1-13-49(14-2,71(55,56)57)47(53)51-37-25-31(17-21-39(37)65-7)45(23-19-35-41(67-9)27-33(63-5)28-42(35)68-10)73(61,62)46(24-20-36-43(69-11)29-34(64-6)30-44(36)70-12)32-18-22-40(66-8)38(26-32)52-48(54)50(15-3,16-4)72(58,59)60/h17-30,45-46H,13-16H2,1-12H3,(H,51,53)(H,52,54)(H2,55,56,57)(H2,58,59,60)/b23-19+,24-20+. The predicted octanol–water partition coefficient (Wildman–Crippen LogP) is 8.73. The van der Waals surface area contributed by atoms with Crippen molar-refractivity contribution in [1.82, 2.24) is 0 Å². The molecule has 2 amide bonds. The molecule has 73 heavy (non-hydrogen) atoms. The Kier molecular flexibility index (Phi) is 20.2. The van der Waals surface area contributed by atoms with Gasteiger partial charge in [-0.25, -0.2) is 8.42 Å². The molecule has 4 aromatic carbocycles. The van der Waals surface area contributed by atoms with E-state index >= 15 is 8.42 Å². The quantitative estimate of drug-likeness (QED) is 0.0321. The second kappa shape index (κ2) is 24.8. The highest BCUT2D eigenvalue weighted by molar-refractivity contribution is 7.92. The Morgan fingerprint density at radius 3 is 1.03 bits per heavy atom. The van der Waals surface area contributed by atoms with Crippen molar-refractivity contribution in [2.75, 3.05) is 67.5 Å². The van der Waals surface area contributed by atoms with Crippen LogP contribution in [0.3, 0.4) is 0 Å². The minimum atomic E-state index is -5.08. The van der Waals surface area contributed by atoms with Gasteiger partial charge in [0, 0.05) is 24.3 Å². The van der Waals surface area contributed by atoms with E-state index in [9.17, 15) is 38.3 Å². The van der Waals surface area contributed by atoms with Gasteiger partial charge in [-0.05, 0) is 73.2 Å². The number of nitrogens with one attached hydrogen (secondary N) is 2. The summed E-state index contributed by atoms with van der Waals surface area (Å²) in [7, 11) is -3.90. The van der Waals surface area contributed by atoms with Crippen molar-refractivity contribution in [2.24, 2.45) is 0 Å². The summed E-state index contributed by atoms with van der Waals surface area (Å²) in [4.78, 5) is 69.8. The van der Waals surface area contributed by atoms with Crippen LogP contribution in [-0.2, 0) is 28.6 Å². The van der Waals surface area contributed by atoms with Gasteiger partial charge in [-0.15, -0.1) is 0 Å². The number of rotatable bonds is 26.